The molecule has 0 amide bonds. The third kappa shape index (κ3) is 15.1. The van der Waals surface area contributed by atoms with E-state index >= 15 is 0 Å². The second kappa shape index (κ2) is 25.2. The van der Waals surface area contributed by atoms with E-state index in [4.69, 9.17) is 23.2 Å². The Morgan fingerprint density at radius 2 is 0.825 bits per heavy atom. The van der Waals surface area contributed by atoms with Gasteiger partial charge in [-0.05, 0) is 27.8 Å². The van der Waals surface area contributed by atoms with E-state index in [0.29, 0.717) is 11.8 Å². The molecular formula is C47H52Cl4N6+2. The van der Waals surface area contributed by atoms with Crippen molar-refractivity contribution in [3.8, 4) is 0 Å². The lowest BCUT2D eigenvalue weighted by Gasteiger charge is -2.06. The first-order chi connectivity index (χ1) is 26.6. The summed E-state index contributed by atoms with van der Waals surface area (Å²) in [5.74, 6) is 1.09. The van der Waals surface area contributed by atoms with Crippen LogP contribution in [0.4, 0.5) is 0 Å². The number of aromatic nitrogens is 6. The molecule has 0 fully saturated rings. The van der Waals surface area contributed by atoms with Crippen LogP contribution in [-0.2, 0) is 44.5 Å². The summed E-state index contributed by atoms with van der Waals surface area (Å²) >= 11 is 11.3. The lowest BCUT2D eigenvalue weighted by Crippen LogP contribution is -2.31. The number of hydrogen-bond acceptors (Lipinski definition) is 1. The molecule has 0 bridgehead atoms. The van der Waals surface area contributed by atoms with Gasteiger partial charge in [0.2, 0.25) is 12.7 Å². The second-order valence-electron chi connectivity index (χ2n) is 13.0. The third-order valence-corrected chi connectivity index (χ3v) is 9.48. The van der Waals surface area contributed by atoms with Crippen molar-refractivity contribution in [1.82, 2.24) is 18.7 Å². The smallest absolute Gasteiger partial charge is 0.244 e. The molecule has 3 aromatic heterocycles. The highest BCUT2D eigenvalue weighted by molar-refractivity contribution is 6.18. The minimum Gasteiger partial charge on any atom is -0.333 e. The summed E-state index contributed by atoms with van der Waals surface area (Å²) in [6, 6.07) is 48.1. The van der Waals surface area contributed by atoms with Gasteiger partial charge in [0, 0.05) is 41.8 Å². The Balaban J connectivity index is 0.000000286. The molecule has 0 saturated heterocycles. The minimum absolute atomic E-state index is 0. The summed E-state index contributed by atoms with van der Waals surface area (Å²) in [4.78, 5) is 3.98. The van der Waals surface area contributed by atoms with Crippen LogP contribution < -0.4 is 9.13 Å². The van der Waals surface area contributed by atoms with E-state index in [2.05, 4.69) is 162 Å². The molecule has 0 radical (unpaired) electrons. The molecule has 0 aliphatic carbocycles. The number of rotatable bonds is 12. The van der Waals surface area contributed by atoms with Crippen molar-refractivity contribution in [2.45, 2.75) is 51.9 Å². The van der Waals surface area contributed by atoms with Crippen LogP contribution in [0.1, 0.15) is 46.4 Å². The van der Waals surface area contributed by atoms with Crippen molar-refractivity contribution < 1.29 is 9.13 Å². The van der Waals surface area contributed by atoms with E-state index in [-0.39, 0.29) is 32.2 Å². The number of alkyl halides is 2. The lowest BCUT2D eigenvalue weighted by atomic mass is 10.1. The van der Waals surface area contributed by atoms with Crippen molar-refractivity contribution in [3.05, 3.63) is 235 Å². The second-order valence-corrected chi connectivity index (χ2v) is 13.5. The standard InChI is InChI=1S/C28H28N4.C10H10N2.C8H8Cl2.CH4.2ClH/c1-3-9-25(10-4-1)19-29-15-17-31(23-29)21-27-13-7-8-14-28(27)22-32-18-16-30(24-32)20-26-11-5-2-6-12-26;1-2-4-10(5-3-1)8-12-7-6-11-9-12;9-5-7-3-1-2-4-8(7)6-10;;;/h1-18,23-24H,19-22H2;1-7,9H,8H2;1-4H,5-6H2;1H4;2*1H/q+2;;;;;. The third-order valence-electron chi connectivity index (χ3n) is 8.91. The normalized spacial score (nSPS) is 10.0. The maximum Gasteiger partial charge on any atom is 0.244 e. The summed E-state index contributed by atoms with van der Waals surface area (Å²) in [5.41, 5.74) is 8.87. The highest BCUT2D eigenvalue weighted by Crippen LogP contribution is 2.14. The van der Waals surface area contributed by atoms with Crippen LogP contribution >= 0.6 is 48.0 Å². The molecule has 0 unspecified atom stereocenters. The highest BCUT2D eigenvalue weighted by Gasteiger charge is 2.12. The predicted molar refractivity (Wildman–Crippen MR) is 240 cm³/mol. The van der Waals surface area contributed by atoms with E-state index in [1.165, 1.54) is 27.8 Å². The molecule has 5 aromatic carbocycles. The van der Waals surface area contributed by atoms with Gasteiger partial charge < -0.3 is 4.57 Å². The van der Waals surface area contributed by atoms with Gasteiger partial charge in [0.05, 0.1) is 6.33 Å². The van der Waals surface area contributed by atoms with Crippen LogP contribution in [0.25, 0.3) is 0 Å². The molecule has 10 heteroatoms. The van der Waals surface area contributed by atoms with E-state index in [0.717, 1.165) is 43.9 Å². The Bertz CT molecular complexity index is 2120. The van der Waals surface area contributed by atoms with Crippen molar-refractivity contribution in [2.75, 3.05) is 0 Å². The zero-order valence-corrected chi connectivity index (χ0v) is 34.3. The Hall–Kier alpha value is -5.11. The first kappa shape index (κ1) is 46.3. The van der Waals surface area contributed by atoms with Crippen molar-refractivity contribution >= 4 is 48.0 Å². The summed E-state index contributed by atoms with van der Waals surface area (Å²) in [5, 5.41) is 0. The average molecular weight is 843 g/mol. The van der Waals surface area contributed by atoms with E-state index in [9.17, 15) is 0 Å². The van der Waals surface area contributed by atoms with Gasteiger partial charge in [0.1, 0.15) is 51.0 Å². The van der Waals surface area contributed by atoms with Crippen LogP contribution in [-0.4, -0.2) is 18.7 Å². The predicted octanol–water partition coefficient (Wildman–Crippen LogP) is 10.6. The van der Waals surface area contributed by atoms with Crippen molar-refractivity contribution in [1.29, 1.82) is 0 Å². The zero-order chi connectivity index (χ0) is 37.2. The van der Waals surface area contributed by atoms with Gasteiger partial charge in [-0.15, -0.1) is 48.0 Å². The zero-order valence-electron chi connectivity index (χ0n) is 31.2. The summed E-state index contributed by atoms with van der Waals surface area (Å²) in [7, 11) is 0. The van der Waals surface area contributed by atoms with Gasteiger partial charge >= 0.3 is 0 Å². The molecule has 0 aliphatic heterocycles. The number of nitrogens with zero attached hydrogens (tertiary/aromatic N) is 6. The van der Waals surface area contributed by atoms with E-state index in [1.807, 2.05) is 55.0 Å². The molecule has 8 aromatic rings. The van der Waals surface area contributed by atoms with Crippen LogP contribution in [0, 0.1) is 0 Å². The first-order valence-electron chi connectivity index (χ1n) is 18.1. The molecule has 0 N–H and O–H groups in total. The molecule has 8 rings (SSSR count). The molecule has 0 aliphatic rings. The fourth-order valence-corrected chi connectivity index (χ4v) is 6.61. The molecule has 6 nitrogen and oxygen atoms in total. The maximum absolute atomic E-state index is 5.65. The fourth-order valence-electron chi connectivity index (χ4n) is 6.09. The average Bonchev–Trinajstić information content (AvgIpc) is 4.01. The van der Waals surface area contributed by atoms with Crippen LogP contribution in [0.3, 0.4) is 0 Å². The summed E-state index contributed by atoms with van der Waals surface area (Å²) in [6.45, 7) is 4.41. The van der Waals surface area contributed by atoms with Crippen molar-refractivity contribution in [2.24, 2.45) is 0 Å². The van der Waals surface area contributed by atoms with E-state index in [1.54, 1.807) is 6.20 Å². The Kier molecular flexibility index (Phi) is 20.5. The fraction of sp³-hybridized carbons (Fsp3) is 0.170. The first-order valence-corrected chi connectivity index (χ1v) is 19.1. The molecule has 296 valence electrons. The van der Waals surface area contributed by atoms with Gasteiger partial charge in [-0.25, -0.2) is 23.3 Å². The number of hydrogen-bond donors (Lipinski definition) is 0. The monoisotopic (exact) mass is 840 g/mol. The van der Waals surface area contributed by atoms with Gasteiger partial charge in [0.15, 0.2) is 0 Å². The Morgan fingerprint density at radius 3 is 1.21 bits per heavy atom. The van der Waals surface area contributed by atoms with Gasteiger partial charge in [-0.3, -0.25) is 0 Å². The van der Waals surface area contributed by atoms with Gasteiger partial charge in [-0.2, -0.15) is 0 Å². The van der Waals surface area contributed by atoms with Gasteiger partial charge in [0.25, 0.3) is 0 Å². The molecule has 0 atom stereocenters. The lowest BCUT2D eigenvalue weighted by molar-refractivity contribution is -0.688. The van der Waals surface area contributed by atoms with Gasteiger partial charge in [-0.1, -0.05) is 147 Å². The molecule has 3 heterocycles. The SMILES string of the molecule is C.Cl.Cl.ClCc1ccccc1CCl.c1ccc(C[n+]2ccn(Cc3ccccc3Cn3cc[n+](Cc4ccccc4)c3)c2)cc1.c1ccc(Cn2ccnc2)cc1. The molecule has 0 spiro atoms. The van der Waals surface area contributed by atoms with E-state index < -0.39 is 0 Å². The number of benzene rings is 5. The summed E-state index contributed by atoms with van der Waals surface area (Å²) in [6.07, 6.45) is 18.6. The molecule has 0 saturated carbocycles. The largest absolute Gasteiger partial charge is 0.333 e. The molecule has 57 heavy (non-hydrogen) atoms. The highest BCUT2D eigenvalue weighted by atomic mass is 35.5. The van der Waals surface area contributed by atoms with Crippen LogP contribution in [0.5, 0.6) is 0 Å². The maximum atomic E-state index is 5.65. The minimum atomic E-state index is 0. The molecular weight excluding hydrogens is 790 g/mol. The Morgan fingerprint density at radius 1 is 0.439 bits per heavy atom. The number of halogens is 4. The summed E-state index contributed by atoms with van der Waals surface area (Å²) < 4.78 is 11.0. The number of imidazole rings is 3. The van der Waals surface area contributed by atoms with Crippen LogP contribution in [0.15, 0.2) is 196 Å². The topological polar surface area (TPSA) is 35.4 Å². The Labute approximate surface area is 360 Å². The quantitative estimate of drug-likeness (QED) is 0.0892. The van der Waals surface area contributed by atoms with Crippen LogP contribution in [0.2, 0.25) is 0 Å². The van der Waals surface area contributed by atoms with Crippen molar-refractivity contribution in [3.63, 3.8) is 0 Å².